The molecule has 0 bridgehead atoms. The van der Waals surface area contributed by atoms with E-state index in [1.54, 1.807) is 0 Å². The van der Waals surface area contributed by atoms with Crippen molar-refractivity contribution in [2.24, 2.45) is 0 Å². The standard InChI is InChI=1S/C10H11ClO2/c1-7-4-9-10(5-8(7)6-11)13-3-2-12-9/h4-5H,2-3,6H2,1H3. The zero-order chi connectivity index (χ0) is 9.26. The molecule has 13 heavy (non-hydrogen) atoms. The number of fused-ring (bicyclic) bond motifs is 1. The normalized spacial score (nSPS) is 14.3. The van der Waals surface area contributed by atoms with Crippen molar-refractivity contribution in [2.45, 2.75) is 12.8 Å². The molecule has 0 amide bonds. The SMILES string of the molecule is Cc1cc2c(cc1CCl)OCCO2. The minimum absolute atomic E-state index is 0.516. The molecule has 0 fully saturated rings. The Morgan fingerprint density at radius 2 is 1.85 bits per heavy atom. The van der Waals surface area contributed by atoms with Crippen LogP contribution in [0.25, 0.3) is 0 Å². The lowest BCUT2D eigenvalue weighted by atomic mass is 10.1. The van der Waals surface area contributed by atoms with E-state index >= 15 is 0 Å². The van der Waals surface area contributed by atoms with Crippen LogP contribution >= 0.6 is 11.6 Å². The van der Waals surface area contributed by atoms with Crippen molar-refractivity contribution < 1.29 is 9.47 Å². The molecular formula is C10H11ClO2. The molecule has 0 aliphatic carbocycles. The average Bonchev–Trinajstić information content (AvgIpc) is 2.17. The molecule has 1 aliphatic rings. The second kappa shape index (κ2) is 3.46. The molecule has 0 N–H and O–H groups in total. The minimum Gasteiger partial charge on any atom is -0.486 e. The molecule has 3 heteroatoms. The lowest BCUT2D eigenvalue weighted by Crippen LogP contribution is -2.15. The van der Waals surface area contributed by atoms with Gasteiger partial charge in [-0.1, -0.05) is 0 Å². The first-order valence-electron chi connectivity index (χ1n) is 4.26. The number of halogens is 1. The summed E-state index contributed by atoms with van der Waals surface area (Å²) < 4.78 is 10.9. The first-order chi connectivity index (χ1) is 6.31. The third kappa shape index (κ3) is 1.59. The Kier molecular flexibility index (Phi) is 2.32. The van der Waals surface area contributed by atoms with Gasteiger partial charge in [0.15, 0.2) is 11.5 Å². The zero-order valence-corrected chi connectivity index (χ0v) is 8.23. The minimum atomic E-state index is 0.516. The summed E-state index contributed by atoms with van der Waals surface area (Å²) in [6, 6.07) is 3.93. The Morgan fingerprint density at radius 1 is 1.23 bits per heavy atom. The highest BCUT2D eigenvalue weighted by atomic mass is 35.5. The third-order valence-corrected chi connectivity index (χ3v) is 2.43. The summed E-state index contributed by atoms with van der Waals surface area (Å²) in [5, 5.41) is 0. The lowest BCUT2D eigenvalue weighted by molar-refractivity contribution is 0.171. The highest BCUT2D eigenvalue weighted by Gasteiger charge is 2.13. The molecule has 1 heterocycles. The van der Waals surface area contributed by atoms with Crippen LogP contribution in [0, 0.1) is 6.92 Å². The van der Waals surface area contributed by atoms with E-state index in [9.17, 15) is 0 Å². The molecule has 1 aromatic rings. The van der Waals surface area contributed by atoms with Crippen LogP contribution in [-0.4, -0.2) is 13.2 Å². The Balaban J connectivity index is 2.44. The molecule has 0 atom stereocenters. The summed E-state index contributed by atoms with van der Waals surface area (Å²) in [6.07, 6.45) is 0. The first-order valence-corrected chi connectivity index (χ1v) is 4.80. The predicted molar refractivity (Wildman–Crippen MR) is 51.7 cm³/mol. The Hall–Kier alpha value is -0.890. The molecule has 0 saturated heterocycles. The Bertz CT molecular complexity index is 323. The summed E-state index contributed by atoms with van der Waals surface area (Å²) in [4.78, 5) is 0. The summed E-state index contributed by atoms with van der Waals surface area (Å²) in [5.74, 6) is 2.16. The van der Waals surface area contributed by atoms with E-state index in [0.717, 1.165) is 22.6 Å². The molecule has 0 aromatic heterocycles. The van der Waals surface area contributed by atoms with Crippen LogP contribution in [0.2, 0.25) is 0 Å². The van der Waals surface area contributed by atoms with Gasteiger partial charge in [-0.15, -0.1) is 11.6 Å². The van der Waals surface area contributed by atoms with Crippen molar-refractivity contribution >= 4 is 11.6 Å². The smallest absolute Gasteiger partial charge is 0.161 e. The van der Waals surface area contributed by atoms with Crippen LogP contribution in [0.1, 0.15) is 11.1 Å². The van der Waals surface area contributed by atoms with Crippen LogP contribution in [0.5, 0.6) is 11.5 Å². The number of rotatable bonds is 1. The van der Waals surface area contributed by atoms with Gasteiger partial charge in [0.25, 0.3) is 0 Å². The highest BCUT2D eigenvalue weighted by molar-refractivity contribution is 6.17. The largest absolute Gasteiger partial charge is 0.486 e. The van der Waals surface area contributed by atoms with Crippen LogP contribution < -0.4 is 9.47 Å². The van der Waals surface area contributed by atoms with Crippen molar-refractivity contribution in [3.8, 4) is 11.5 Å². The number of ether oxygens (including phenoxy) is 2. The predicted octanol–water partition coefficient (Wildman–Crippen LogP) is 2.51. The molecule has 0 spiro atoms. The van der Waals surface area contributed by atoms with E-state index in [2.05, 4.69) is 0 Å². The maximum Gasteiger partial charge on any atom is 0.161 e. The highest BCUT2D eigenvalue weighted by Crippen LogP contribution is 2.33. The topological polar surface area (TPSA) is 18.5 Å². The van der Waals surface area contributed by atoms with Crippen molar-refractivity contribution in [1.29, 1.82) is 0 Å². The zero-order valence-electron chi connectivity index (χ0n) is 7.47. The van der Waals surface area contributed by atoms with Crippen molar-refractivity contribution in [3.05, 3.63) is 23.3 Å². The van der Waals surface area contributed by atoms with Gasteiger partial charge in [0.1, 0.15) is 13.2 Å². The van der Waals surface area contributed by atoms with Crippen LogP contribution in [0.3, 0.4) is 0 Å². The summed E-state index contributed by atoms with van der Waals surface area (Å²) in [6.45, 7) is 3.28. The monoisotopic (exact) mass is 198 g/mol. The molecule has 0 saturated carbocycles. The maximum absolute atomic E-state index is 5.78. The molecule has 2 rings (SSSR count). The third-order valence-electron chi connectivity index (χ3n) is 2.14. The van der Waals surface area contributed by atoms with Crippen LogP contribution in [0.4, 0.5) is 0 Å². The molecule has 0 radical (unpaired) electrons. The Labute approximate surface area is 82.4 Å². The first kappa shape index (κ1) is 8.70. The molecule has 2 nitrogen and oxygen atoms in total. The van der Waals surface area contributed by atoms with Gasteiger partial charge in [-0.3, -0.25) is 0 Å². The molecule has 0 unspecified atom stereocenters. The number of alkyl halides is 1. The molecule has 1 aliphatic heterocycles. The fourth-order valence-electron chi connectivity index (χ4n) is 1.38. The maximum atomic E-state index is 5.78. The number of hydrogen-bond acceptors (Lipinski definition) is 2. The van der Waals surface area contributed by atoms with Gasteiger partial charge in [0.05, 0.1) is 0 Å². The molecular weight excluding hydrogens is 188 g/mol. The fraction of sp³-hybridized carbons (Fsp3) is 0.400. The van der Waals surface area contributed by atoms with E-state index in [4.69, 9.17) is 21.1 Å². The van der Waals surface area contributed by atoms with Gasteiger partial charge in [0, 0.05) is 5.88 Å². The van der Waals surface area contributed by atoms with E-state index in [1.165, 1.54) is 0 Å². The van der Waals surface area contributed by atoms with Gasteiger partial charge in [-0.25, -0.2) is 0 Å². The fourth-order valence-corrected chi connectivity index (χ4v) is 1.66. The number of aryl methyl sites for hydroxylation is 1. The van der Waals surface area contributed by atoms with Crippen molar-refractivity contribution in [1.82, 2.24) is 0 Å². The molecule has 70 valence electrons. The molecule has 1 aromatic carbocycles. The second-order valence-corrected chi connectivity index (χ2v) is 3.32. The van der Waals surface area contributed by atoms with E-state index in [0.29, 0.717) is 19.1 Å². The van der Waals surface area contributed by atoms with E-state index in [1.807, 2.05) is 19.1 Å². The average molecular weight is 199 g/mol. The van der Waals surface area contributed by atoms with Crippen molar-refractivity contribution in [2.75, 3.05) is 13.2 Å². The van der Waals surface area contributed by atoms with Gasteiger partial charge in [-0.2, -0.15) is 0 Å². The summed E-state index contributed by atoms with van der Waals surface area (Å²) in [5.41, 5.74) is 2.25. The van der Waals surface area contributed by atoms with Gasteiger partial charge in [0.2, 0.25) is 0 Å². The van der Waals surface area contributed by atoms with E-state index < -0.39 is 0 Å². The quantitative estimate of drug-likeness (QED) is 0.646. The summed E-state index contributed by atoms with van der Waals surface area (Å²) >= 11 is 5.78. The van der Waals surface area contributed by atoms with Crippen molar-refractivity contribution in [3.63, 3.8) is 0 Å². The number of benzene rings is 1. The van der Waals surface area contributed by atoms with Gasteiger partial charge in [-0.05, 0) is 30.2 Å². The van der Waals surface area contributed by atoms with Gasteiger partial charge < -0.3 is 9.47 Å². The van der Waals surface area contributed by atoms with E-state index in [-0.39, 0.29) is 0 Å². The second-order valence-electron chi connectivity index (χ2n) is 3.06. The lowest BCUT2D eigenvalue weighted by Gasteiger charge is -2.19. The van der Waals surface area contributed by atoms with Gasteiger partial charge >= 0.3 is 0 Å². The summed E-state index contributed by atoms with van der Waals surface area (Å²) in [7, 11) is 0. The Morgan fingerprint density at radius 3 is 2.46 bits per heavy atom. The number of hydrogen-bond donors (Lipinski definition) is 0. The van der Waals surface area contributed by atoms with Crippen LogP contribution in [-0.2, 0) is 5.88 Å². The van der Waals surface area contributed by atoms with Crippen LogP contribution in [0.15, 0.2) is 12.1 Å².